The highest BCUT2D eigenvalue weighted by Gasteiger charge is 2.57. The highest BCUT2D eigenvalue weighted by molar-refractivity contribution is 5.93. The van der Waals surface area contributed by atoms with Crippen molar-refractivity contribution in [1.82, 2.24) is 20.9 Å². The van der Waals surface area contributed by atoms with Crippen LogP contribution in [0.25, 0.3) is 0 Å². The summed E-state index contributed by atoms with van der Waals surface area (Å²) in [4.78, 5) is 51.2. The van der Waals surface area contributed by atoms with Gasteiger partial charge in [0.2, 0.25) is 11.8 Å². The Morgan fingerprint density at radius 3 is 2.26 bits per heavy atom. The third-order valence-electron chi connectivity index (χ3n) is 4.84. The number of allylic oxidation sites excluding steroid dienone is 1. The summed E-state index contributed by atoms with van der Waals surface area (Å²) in [6, 6.07) is -0.629. The van der Waals surface area contributed by atoms with Crippen molar-refractivity contribution >= 4 is 24.2 Å². The molecule has 2 unspecified atom stereocenters. The van der Waals surface area contributed by atoms with Crippen LogP contribution in [0.1, 0.15) is 54.9 Å². The third-order valence-corrected chi connectivity index (χ3v) is 4.84. The monoisotopic (exact) mass is 438 g/mol. The second-order valence-electron chi connectivity index (χ2n) is 10.0. The van der Waals surface area contributed by atoms with Gasteiger partial charge in [-0.15, -0.1) is 6.58 Å². The lowest BCUT2D eigenvalue weighted by molar-refractivity contribution is -0.135. The van der Waals surface area contributed by atoms with E-state index >= 15 is 0 Å². The van der Waals surface area contributed by atoms with Crippen LogP contribution in [-0.2, 0) is 19.1 Å². The molecule has 0 saturated carbocycles. The van der Waals surface area contributed by atoms with Crippen molar-refractivity contribution in [3.05, 3.63) is 12.7 Å². The van der Waals surface area contributed by atoms with Crippen LogP contribution in [0, 0.1) is 5.92 Å². The fraction of sp³-hybridized carbons (Fsp3) is 0.727. The quantitative estimate of drug-likeness (QED) is 0.389. The number of amides is 3. The maximum atomic E-state index is 13.4. The molecule has 1 saturated heterocycles. The van der Waals surface area contributed by atoms with E-state index in [0.29, 0.717) is 13.0 Å². The van der Waals surface area contributed by atoms with Gasteiger partial charge in [-0.2, -0.15) is 0 Å². The highest BCUT2D eigenvalue weighted by atomic mass is 16.6. The van der Waals surface area contributed by atoms with Crippen molar-refractivity contribution in [1.29, 1.82) is 0 Å². The van der Waals surface area contributed by atoms with Crippen LogP contribution in [0.15, 0.2) is 12.7 Å². The van der Waals surface area contributed by atoms with Crippen molar-refractivity contribution < 1.29 is 23.9 Å². The van der Waals surface area contributed by atoms with Gasteiger partial charge >= 0.3 is 6.09 Å². The lowest BCUT2D eigenvalue weighted by atomic mass is 9.79. The molecule has 0 spiro atoms. The molecule has 0 aromatic heterocycles. The molecule has 1 aliphatic rings. The Labute approximate surface area is 185 Å². The lowest BCUT2D eigenvalue weighted by Gasteiger charge is -2.37. The number of nitrogens with one attached hydrogen (secondary N) is 3. The number of carbonyl (C=O) groups is 4. The summed E-state index contributed by atoms with van der Waals surface area (Å²) < 4.78 is 5.23. The average Bonchev–Trinajstić information content (AvgIpc) is 2.85. The first-order valence-electron chi connectivity index (χ1n) is 10.5. The van der Waals surface area contributed by atoms with Crippen LogP contribution in [0.5, 0.6) is 0 Å². The molecule has 3 amide bonds. The molecule has 31 heavy (non-hydrogen) atoms. The Hall–Kier alpha value is -2.42. The second-order valence-corrected chi connectivity index (χ2v) is 10.0. The fourth-order valence-corrected chi connectivity index (χ4v) is 3.83. The van der Waals surface area contributed by atoms with Gasteiger partial charge in [-0.25, -0.2) is 4.79 Å². The molecule has 0 aliphatic carbocycles. The Morgan fingerprint density at radius 1 is 1.19 bits per heavy atom. The molecule has 0 aromatic rings. The van der Waals surface area contributed by atoms with Crippen LogP contribution in [-0.4, -0.2) is 71.4 Å². The molecule has 3 N–H and O–H groups in total. The summed E-state index contributed by atoms with van der Waals surface area (Å²) in [5.41, 5.74) is -2.45. The molecule has 0 radical (unpaired) electrons. The van der Waals surface area contributed by atoms with Crippen LogP contribution in [0.4, 0.5) is 4.79 Å². The van der Waals surface area contributed by atoms with Crippen molar-refractivity contribution in [3.8, 4) is 0 Å². The van der Waals surface area contributed by atoms with Gasteiger partial charge in [0.1, 0.15) is 17.4 Å². The summed E-state index contributed by atoms with van der Waals surface area (Å²) >= 11 is 0. The van der Waals surface area contributed by atoms with Crippen LogP contribution >= 0.6 is 0 Å². The number of carbonyl (C=O) groups excluding carboxylic acids is 4. The number of ether oxygens (including phenoxy) is 1. The molecular formula is C22H38N4O5. The van der Waals surface area contributed by atoms with Crippen LogP contribution in [0.3, 0.4) is 0 Å². The van der Waals surface area contributed by atoms with Gasteiger partial charge in [0.25, 0.3) is 0 Å². The van der Waals surface area contributed by atoms with Gasteiger partial charge in [0, 0.05) is 38.0 Å². The molecule has 3 atom stereocenters. The predicted molar refractivity (Wildman–Crippen MR) is 118 cm³/mol. The van der Waals surface area contributed by atoms with E-state index in [1.807, 2.05) is 20.8 Å². The number of hydrogen-bond donors (Lipinski definition) is 3. The van der Waals surface area contributed by atoms with E-state index in [9.17, 15) is 19.2 Å². The number of likely N-dealkylation sites (tertiary alicyclic amines) is 1. The minimum Gasteiger partial charge on any atom is -0.444 e. The molecule has 1 heterocycles. The standard InChI is InChI=1S/C22H38N4O5/c1-9-10-16-17(13-27)26(12-11-23-19(30)31-21(6,7)8)14-22(16,24-15(2)28)18(29)25-20(3,4)5/h9,13,16-17H,1,10-12,14H2,2-8H3,(H,23,30)(H,24,28)(H,25,29)/t16?,17-,22?/m1/s1. The Balaban J connectivity index is 3.13. The molecule has 176 valence electrons. The van der Waals surface area contributed by atoms with Crippen molar-refractivity contribution in [2.24, 2.45) is 5.92 Å². The van der Waals surface area contributed by atoms with Crippen LogP contribution in [0.2, 0.25) is 0 Å². The van der Waals surface area contributed by atoms with E-state index in [4.69, 9.17) is 4.74 Å². The molecule has 9 nitrogen and oxygen atoms in total. The third kappa shape index (κ3) is 7.65. The fourth-order valence-electron chi connectivity index (χ4n) is 3.83. The minimum atomic E-state index is -1.30. The second kappa shape index (κ2) is 10.3. The Kier molecular flexibility index (Phi) is 8.81. The zero-order valence-corrected chi connectivity index (χ0v) is 19.8. The summed E-state index contributed by atoms with van der Waals surface area (Å²) in [5, 5.41) is 8.43. The highest BCUT2D eigenvalue weighted by Crippen LogP contribution is 2.36. The van der Waals surface area contributed by atoms with E-state index in [1.54, 1.807) is 31.7 Å². The number of alkyl carbamates (subject to hydrolysis) is 1. The van der Waals surface area contributed by atoms with Crippen molar-refractivity contribution in [3.63, 3.8) is 0 Å². The first kappa shape index (κ1) is 26.6. The Bertz CT molecular complexity index is 695. The normalized spacial score (nSPS) is 24.2. The molecule has 1 aliphatic heterocycles. The van der Waals surface area contributed by atoms with E-state index in [-0.39, 0.29) is 24.9 Å². The summed E-state index contributed by atoms with van der Waals surface area (Å²) in [5.74, 6) is -1.22. The van der Waals surface area contributed by atoms with Gasteiger partial charge < -0.3 is 25.5 Å². The number of nitrogens with zero attached hydrogens (tertiary/aromatic N) is 1. The lowest BCUT2D eigenvalue weighted by Crippen LogP contribution is -2.66. The van der Waals surface area contributed by atoms with Gasteiger partial charge in [-0.1, -0.05) is 6.08 Å². The number of hydrogen-bond acceptors (Lipinski definition) is 6. The number of aldehydes is 1. The number of rotatable bonds is 8. The Morgan fingerprint density at radius 2 is 1.81 bits per heavy atom. The first-order chi connectivity index (χ1) is 14.1. The maximum Gasteiger partial charge on any atom is 0.407 e. The van der Waals surface area contributed by atoms with E-state index < -0.39 is 34.7 Å². The van der Waals surface area contributed by atoms with E-state index in [2.05, 4.69) is 22.5 Å². The van der Waals surface area contributed by atoms with E-state index in [0.717, 1.165) is 6.29 Å². The van der Waals surface area contributed by atoms with Crippen LogP contribution < -0.4 is 16.0 Å². The maximum absolute atomic E-state index is 13.4. The van der Waals surface area contributed by atoms with Gasteiger partial charge in [0.15, 0.2) is 0 Å². The van der Waals surface area contributed by atoms with Gasteiger partial charge in [0.05, 0.1) is 6.04 Å². The van der Waals surface area contributed by atoms with Crippen molar-refractivity contribution in [2.75, 3.05) is 19.6 Å². The topological polar surface area (TPSA) is 117 Å². The zero-order chi connectivity index (χ0) is 24.0. The smallest absolute Gasteiger partial charge is 0.407 e. The molecule has 1 rings (SSSR count). The SMILES string of the molecule is C=CCC1[C@@H](C=O)N(CCNC(=O)OC(C)(C)C)CC1(NC(C)=O)C(=O)NC(C)(C)C. The summed E-state index contributed by atoms with van der Waals surface area (Å²) in [6.45, 7) is 16.6. The average molecular weight is 439 g/mol. The summed E-state index contributed by atoms with van der Waals surface area (Å²) in [6.07, 6.45) is 2.23. The van der Waals surface area contributed by atoms with Crippen molar-refractivity contribution in [2.45, 2.75) is 77.6 Å². The summed E-state index contributed by atoms with van der Waals surface area (Å²) in [7, 11) is 0. The first-order valence-corrected chi connectivity index (χ1v) is 10.5. The molecule has 1 fully saturated rings. The minimum absolute atomic E-state index is 0.131. The van der Waals surface area contributed by atoms with Gasteiger partial charge in [-0.05, 0) is 48.0 Å². The van der Waals surface area contributed by atoms with E-state index in [1.165, 1.54) is 6.92 Å². The molecule has 9 heteroatoms. The molecule has 0 aromatic carbocycles. The molecular weight excluding hydrogens is 400 g/mol. The van der Waals surface area contributed by atoms with Gasteiger partial charge in [-0.3, -0.25) is 14.5 Å². The zero-order valence-electron chi connectivity index (χ0n) is 19.8. The largest absolute Gasteiger partial charge is 0.444 e. The molecule has 0 bridgehead atoms. The predicted octanol–water partition coefficient (Wildman–Crippen LogP) is 1.38.